The molecular weight excluding hydrogens is 701 g/mol. The number of carbonyl (C=O) groups is 2. The van der Waals surface area contributed by atoms with Gasteiger partial charge in [0.05, 0.1) is 16.3 Å². The van der Waals surface area contributed by atoms with E-state index in [1.165, 1.54) is 16.7 Å². The van der Waals surface area contributed by atoms with E-state index >= 15 is 0 Å². The first kappa shape index (κ1) is 43.6. The number of nitrogens with one attached hydrogen (secondary N) is 1. The van der Waals surface area contributed by atoms with Crippen LogP contribution in [-0.4, -0.2) is 99.4 Å². The van der Waals surface area contributed by atoms with Crippen LogP contribution in [0.2, 0.25) is 10.0 Å². The van der Waals surface area contributed by atoms with Crippen molar-refractivity contribution in [1.82, 2.24) is 4.90 Å². The van der Waals surface area contributed by atoms with Crippen LogP contribution in [0.1, 0.15) is 41.9 Å². The first-order chi connectivity index (χ1) is 22.7. The average Bonchev–Trinajstić information content (AvgIpc) is 3.48. The van der Waals surface area contributed by atoms with E-state index in [1.54, 1.807) is 18.2 Å². The van der Waals surface area contributed by atoms with Crippen LogP contribution < -0.4 is 22.9 Å². The summed E-state index contributed by atoms with van der Waals surface area (Å²) in [4.78, 5) is 36.0. The number of aliphatic carboxylic acids is 1. The third-order valence-corrected chi connectivity index (χ3v) is 9.42. The molecule has 17 heteroatoms. The number of carbonyl (C=O) groups excluding carboxylic acids is 1. The molecule has 1 amide bonds. The summed E-state index contributed by atoms with van der Waals surface area (Å²) in [6.45, 7) is 0.258. The Kier molecular flexibility index (Phi) is 19.9. The van der Waals surface area contributed by atoms with Crippen molar-refractivity contribution in [3.63, 3.8) is 0 Å². The van der Waals surface area contributed by atoms with Crippen LogP contribution in [0.25, 0.3) is 0 Å². The first-order valence-electron chi connectivity index (χ1n) is 14.8. The molecule has 13 nitrogen and oxygen atoms in total. The zero-order chi connectivity index (χ0) is 35.7. The molecule has 0 bridgehead atoms. The van der Waals surface area contributed by atoms with E-state index in [-0.39, 0.29) is 60.1 Å². The molecule has 1 heterocycles. The first-order valence-corrected chi connectivity index (χ1v) is 17.6. The number of hydrogen-bond acceptors (Lipinski definition) is 6. The van der Waals surface area contributed by atoms with Crippen LogP contribution >= 0.6 is 30.6 Å². The number of nitrogens with zero attached hydrogens (tertiary/aromatic N) is 3. The topological polar surface area (TPSA) is 248 Å². The van der Waals surface area contributed by atoms with Crippen molar-refractivity contribution in [2.45, 2.75) is 37.6 Å². The van der Waals surface area contributed by atoms with Gasteiger partial charge in [-0.25, -0.2) is 4.79 Å². The van der Waals surface area contributed by atoms with Gasteiger partial charge < -0.3 is 37.8 Å². The van der Waals surface area contributed by atoms with Crippen molar-refractivity contribution in [2.75, 3.05) is 18.9 Å². The second-order valence-electron chi connectivity index (χ2n) is 10.8. The van der Waals surface area contributed by atoms with E-state index < -0.39 is 31.4 Å². The number of carboxylic acid groups (broad SMARTS) is 1. The molecule has 49 heavy (non-hydrogen) atoms. The standard InChI is InChI=1S/C23H28NO5P.C8H8Cl2N4.CH5N3.Na.H/c25-22(17-30(28,29)14-8-7-11-18-9-3-1-4-10-18)24-16-20(15-21(24)23(26)27)19-12-5-2-6-13-19;9-6-2-1-3-7(10)5(6)4-13-14-8(11)12;2-1(3)4;;/h1-6,9-10,12-13,20-21H,7-8,11,14-17H2,(H,26,27)(H,28,29);1-4H,(H4,11,12,14);(H5,2,3,4);;/b;13-4+;;;. The number of amides is 1. The van der Waals surface area contributed by atoms with Crippen molar-refractivity contribution in [3.05, 3.63) is 106 Å². The Bertz CT molecular complexity index is 1590. The summed E-state index contributed by atoms with van der Waals surface area (Å²) < 4.78 is 12.6. The third kappa shape index (κ3) is 16.7. The second-order valence-corrected chi connectivity index (χ2v) is 14.0. The molecule has 0 saturated carbocycles. The number of hydrogen-bond donors (Lipinski definition) is 7. The minimum atomic E-state index is -3.65. The fourth-order valence-electron chi connectivity index (χ4n) is 4.81. The molecule has 0 aromatic heterocycles. The molecule has 3 atom stereocenters. The normalized spacial score (nSPS) is 16.1. The van der Waals surface area contributed by atoms with Gasteiger partial charge in [0.15, 0.2) is 5.96 Å². The van der Waals surface area contributed by atoms with Gasteiger partial charge in [0, 0.05) is 24.2 Å². The summed E-state index contributed by atoms with van der Waals surface area (Å²) in [5.41, 5.74) is 21.8. The predicted molar refractivity (Wildman–Crippen MR) is 199 cm³/mol. The summed E-state index contributed by atoms with van der Waals surface area (Å²) in [6, 6.07) is 23.6. The molecule has 1 saturated heterocycles. The Morgan fingerprint density at radius 2 is 1.49 bits per heavy atom. The number of aryl methyl sites for hydroxylation is 1. The molecule has 260 valence electrons. The van der Waals surface area contributed by atoms with Gasteiger partial charge in [0.25, 0.3) is 0 Å². The molecular formula is C32H42Cl2N8NaO5P. The van der Waals surface area contributed by atoms with Crippen LogP contribution in [0.4, 0.5) is 0 Å². The number of nitrogens with two attached hydrogens (primary N) is 4. The van der Waals surface area contributed by atoms with Crippen molar-refractivity contribution < 1.29 is 24.2 Å². The fourth-order valence-corrected chi connectivity index (χ4v) is 6.79. The number of halogens is 2. The second kappa shape index (κ2) is 22.3. The van der Waals surface area contributed by atoms with Gasteiger partial charge in [-0.15, -0.1) is 5.10 Å². The predicted octanol–water partition coefficient (Wildman–Crippen LogP) is 3.54. The van der Waals surface area contributed by atoms with Crippen LogP contribution in [0.5, 0.6) is 0 Å². The van der Waals surface area contributed by atoms with Gasteiger partial charge in [0.1, 0.15) is 12.2 Å². The Balaban J connectivity index is 0.000000527. The molecule has 0 spiro atoms. The van der Waals surface area contributed by atoms with Crippen molar-refractivity contribution in [2.24, 2.45) is 33.1 Å². The summed E-state index contributed by atoms with van der Waals surface area (Å²) in [7, 11) is -3.65. The number of unbranched alkanes of at least 4 members (excludes halogenated alkanes) is 1. The van der Waals surface area contributed by atoms with E-state index in [1.807, 2.05) is 60.7 Å². The van der Waals surface area contributed by atoms with Crippen LogP contribution in [0.15, 0.2) is 89.1 Å². The Morgan fingerprint density at radius 1 is 0.939 bits per heavy atom. The fraction of sp³-hybridized carbons (Fsp3) is 0.281. The molecule has 3 aromatic rings. The van der Waals surface area contributed by atoms with Crippen LogP contribution in [-0.2, 0) is 20.6 Å². The number of rotatable bonds is 11. The molecule has 0 radical (unpaired) electrons. The Morgan fingerprint density at radius 3 is 2.02 bits per heavy atom. The summed E-state index contributed by atoms with van der Waals surface area (Å²) in [5, 5.41) is 23.6. The molecule has 1 fully saturated rings. The van der Waals surface area contributed by atoms with E-state index in [4.69, 9.17) is 40.1 Å². The van der Waals surface area contributed by atoms with Gasteiger partial charge in [0.2, 0.25) is 19.2 Å². The van der Waals surface area contributed by atoms with Gasteiger partial charge in [-0.1, -0.05) is 89.9 Å². The summed E-state index contributed by atoms with van der Waals surface area (Å²) >= 11 is 11.7. The maximum absolute atomic E-state index is 12.7. The monoisotopic (exact) mass is 742 g/mol. The average molecular weight is 744 g/mol. The maximum atomic E-state index is 12.7. The summed E-state index contributed by atoms with van der Waals surface area (Å²) in [5.74, 6) is -2.16. The van der Waals surface area contributed by atoms with E-state index in [0.29, 0.717) is 28.5 Å². The Labute approximate surface area is 318 Å². The SMILES string of the molecule is N=C(N)N.NC(N)=N/N=C/c1c(Cl)cccc1Cl.O=C(O)C1CC(c2ccccc2)CN1C(=O)CP(=O)(O)CCCCc1ccccc1.[NaH]. The number of likely N-dealkylation sites (tertiary alicyclic amines) is 1. The number of guanidine groups is 2. The molecule has 1 aliphatic rings. The van der Waals surface area contributed by atoms with Crippen LogP contribution in [0.3, 0.4) is 0 Å². The molecule has 3 aromatic carbocycles. The number of benzene rings is 3. The molecule has 11 N–H and O–H groups in total. The molecule has 0 aliphatic carbocycles. The van der Waals surface area contributed by atoms with Gasteiger partial charge in [-0.05, 0) is 48.9 Å². The van der Waals surface area contributed by atoms with E-state index in [0.717, 1.165) is 18.4 Å². The van der Waals surface area contributed by atoms with Gasteiger partial charge in [-0.2, -0.15) is 5.10 Å². The Hall–Kier alpha value is -3.42. The zero-order valence-corrected chi connectivity index (χ0v) is 28.6. The van der Waals surface area contributed by atoms with Gasteiger partial charge >= 0.3 is 35.5 Å². The summed E-state index contributed by atoms with van der Waals surface area (Å²) in [6.07, 6.45) is 3.41. The third-order valence-electron chi connectivity index (χ3n) is 6.99. The minimum absolute atomic E-state index is 0. The zero-order valence-electron chi connectivity index (χ0n) is 26.2. The van der Waals surface area contributed by atoms with Crippen molar-refractivity contribution in [1.29, 1.82) is 5.41 Å². The molecule has 4 rings (SSSR count). The molecule has 1 aliphatic heterocycles. The van der Waals surface area contributed by atoms with E-state index in [9.17, 15) is 24.2 Å². The quantitative estimate of drug-likeness (QED) is 0.0379. The van der Waals surface area contributed by atoms with Crippen molar-refractivity contribution >= 4 is 90.1 Å². The number of carboxylic acids is 1. The van der Waals surface area contributed by atoms with E-state index in [2.05, 4.69) is 21.7 Å². The van der Waals surface area contributed by atoms with Gasteiger partial charge in [-0.3, -0.25) is 14.8 Å². The van der Waals surface area contributed by atoms with Crippen molar-refractivity contribution in [3.8, 4) is 0 Å². The molecule has 3 unspecified atom stereocenters. The van der Waals surface area contributed by atoms with Crippen LogP contribution in [0, 0.1) is 5.41 Å².